The predicted octanol–water partition coefficient (Wildman–Crippen LogP) is 4.90. The Morgan fingerprint density at radius 1 is 0.697 bits per heavy atom. The number of hydrogen-bond acceptors (Lipinski definition) is 5. The van der Waals surface area contributed by atoms with Crippen LogP contribution >= 0.6 is 0 Å². The highest BCUT2D eigenvalue weighted by atomic mass is 16.5. The molecule has 170 valence electrons. The maximum absolute atomic E-state index is 11.9. The van der Waals surface area contributed by atoms with Crippen molar-refractivity contribution < 1.29 is 23.8 Å². The summed E-state index contributed by atoms with van der Waals surface area (Å²) in [7, 11) is 2.50. The van der Waals surface area contributed by atoms with E-state index in [1.165, 1.54) is 14.2 Å². The highest BCUT2D eigenvalue weighted by molar-refractivity contribution is 5.94. The maximum Gasteiger partial charge on any atom is 0.320 e. The lowest BCUT2D eigenvalue weighted by Gasteiger charge is -2.35. The molecular weight excluding hydrogens is 416 g/mol. The Morgan fingerprint density at radius 3 is 1.45 bits per heavy atom. The van der Waals surface area contributed by atoms with Crippen LogP contribution in [0, 0.1) is 5.92 Å². The number of rotatable bonds is 10. The molecule has 0 heterocycles. The molecule has 0 aliphatic heterocycles. The van der Waals surface area contributed by atoms with Gasteiger partial charge in [-0.25, -0.2) is 0 Å². The molecule has 0 aliphatic rings. The molecular formula is C28H28O5. The van der Waals surface area contributed by atoms with Crippen molar-refractivity contribution >= 4 is 11.9 Å². The molecule has 0 amide bonds. The Bertz CT molecular complexity index is 933. The minimum Gasteiger partial charge on any atom is -0.468 e. The van der Waals surface area contributed by atoms with Gasteiger partial charge in [-0.15, -0.1) is 0 Å². The summed E-state index contributed by atoms with van der Waals surface area (Å²) in [5.41, 5.74) is 2.16. The summed E-state index contributed by atoms with van der Waals surface area (Å²) in [5, 5.41) is 0. The van der Waals surface area contributed by atoms with E-state index in [2.05, 4.69) is 0 Å². The van der Waals surface area contributed by atoms with Crippen molar-refractivity contribution in [3.05, 3.63) is 120 Å². The molecule has 0 bridgehead atoms. The second-order valence-corrected chi connectivity index (χ2v) is 7.40. The molecule has 0 atom stereocenters. The molecule has 0 radical (unpaired) electrons. The molecule has 5 nitrogen and oxygen atoms in total. The van der Waals surface area contributed by atoms with Gasteiger partial charge in [-0.3, -0.25) is 9.59 Å². The molecule has 33 heavy (non-hydrogen) atoms. The van der Waals surface area contributed by atoms with Gasteiger partial charge in [0.2, 0.25) is 0 Å². The molecule has 0 aromatic heterocycles. The van der Waals surface area contributed by atoms with E-state index < -0.39 is 23.5 Å². The largest absolute Gasteiger partial charge is 0.468 e. The van der Waals surface area contributed by atoms with Crippen LogP contribution in [0.1, 0.15) is 23.1 Å². The van der Waals surface area contributed by atoms with Crippen LogP contribution in [-0.4, -0.2) is 32.8 Å². The summed E-state index contributed by atoms with van der Waals surface area (Å²) in [6.45, 7) is 0.258. The van der Waals surface area contributed by atoms with E-state index in [0.29, 0.717) is 0 Å². The van der Waals surface area contributed by atoms with E-state index in [0.717, 1.165) is 16.7 Å². The Hall–Kier alpha value is -3.70. The normalized spacial score (nSPS) is 11.5. The highest BCUT2D eigenvalue weighted by Gasteiger charge is 2.37. The Labute approximate surface area is 194 Å². The smallest absolute Gasteiger partial charge is 0.320 e. The average Bonchev–Trinajstić information content (AvgIpc) is 2.89. The summed E-state index contributed by atoms with van der Waals surface area (Å²) in [6, 6.07) is 30.2. The summed E-state index contributed by atoms with van der Waals surface area (Å²) >= 11 is 0. The van der Waals surface area contributed by atoms with Gasteiger partial charge in [-0.2, -0.15) is 0 Å². The van der Waals surface area contributed by atoms with E-state index in [9.17, 15) is 9.59 Å². The number of carbonyl (C=O) groups is 2. The van der Waals surface area contributed by atoms with Gasteiger partial charge >= 0.3 is 11.9 Å². The SMILES string of the molecule is COC(=O)C(C/C=C/COC(c1ccccc1)(c1ccccc1)c1ccccc1)C(=O)OC. The molecule has 3 rings (SSSR count). The lowest BCUT2D eigenvalue weighted by Crippen LogP contribution is -2.33. The van der Waals surface area contributed by atoms with Crippen molar-refractivity contribution in [1.29, 1.82) is 0 Å². The van der Waals surface area contributed by atoms with Crippen LogP contribution in [0.3, 0.4) is 0 Å². The number of benzene rings is 3. The average molecular weight is 445 g/mol. The first-order chi connectivity index (χ1) is 16.1. The minimum absolute atomic E-state index is 0.164. The second kappa shape index (κ2) is 11.8. The first-order valence-corrected chi connectivity index (χ1v) is 10.7. The standard InChI is InChI=1S/C28H28O5/c1-31-26(29)25(27(30)32-2)20-12-13-21-33-28(22-14-6-3-7-15-22,23-16-8-4-9-17-23)24-18-10-5-11-19-24/h3-19,25H,20-21H2,1-2H3/b13-12+. The highest BCUT2D eigenvalue weighted by Crippen LogP contribution is 2.40. The Kier molecular flexibility index (Phi) is 8.56. The third-order valence-corrected chi connectivity index (χ3v) is 5.45. The predicted molar refractivity (Wildman–Crippen MR) is 126 cm³/mol. The molecule has 5 heteroatoms. The molecule has 0 N–H and O–H groups in total. The molecule has 0 saturated carbocycles. The molecule has 0 aliphatic carbocycles. The zero-order chi connectivity index (χ0) is 23.5. The molecule has 0 saturated heterocycles. The van der Waals surface area contributed by atoms with Crippen LogP contribution in [-0.2, 0) is 29.4 Å². The van der Waals surface area contributed by atoms with Gasteiger partial charge in [0.15, 0.2) is 5.92 Å². The molecule has 3 aromatic carbocycles. The monoisotopic (exact) mass is 444 g/mol. The van der Waals surface area contributed by atoms with Gasteiger partial charge < -0.3 is 14.2 Å². The van der Waals surface area contributed by atoms with E-state index >= 15 is 0 Å². The molecule has 0 unspecified atom stereocenters. The molecule has 0 fully saturated rings. The van der Waals surface area contributed by atoms with Crippen LogP contribution in [0.4, 0.5) is 0 Å². The Morgan fingerprint density at radius 2 is 1.09 bits per heavy atom. The summed E-state index contributed by atoms with van der Waals surface area (Å²) < 4.78 is 16.1. The first kappa shape index (κ1) is 24.0. The maximum atomic E-state index is 11.9. The van der Waals surface area contributed by atoms with Gasteiger partial charge in [0, 0.05) is 0 Å². The van der Waals surface area contributed by atoms with Gasteiger partial charge in [0.25, 0.3) is 0 Å². The van der Waals surface area contributed by atoms with Crippen LogP contribution < -0.4 is 0 Å². The van der Waals surface area contributed by atoms with Gasteiger partial charge in [-0.05, 0) is 23.1 Å². The van der Waals surface area contributed by atoms with Crippen LogP contribution in [0.15, 0.2) is 103 Å². The number of carbonyl (C=O) groups excluding carboxylic acids is 2. The van der Waals surface area contributed by atoms with Crippen molar-refractivity contribution in [3.63, 3.8) is 0 Å². The van der Waals surface area contributed by atoms with Crippen LogP contribution in [0.5, 0.6) is 0 Å². The van der Waals surface area contributed by atoms with Crippen LogP contribution in [0.25, 0.3) is 0 Å². The number of hydrogen-bond donors (Lipinski definition) is 0. The van der Waals surface area contributed by atoms with Gasteiger partial charge in [0.05, 0.1) is 20.8 Å². The summed E-state index contributed by atoms with van der Waals surface area (Å²) in [5.74, 6) is -2.25. The molecule has 3 aromatic rings. The third kappa shape index (κ3) is 5.57. The number of ether oxygens (including phenoxy) is 3. The van der Waals surface area contributed by atoms with Crippen molar-refractivity contribution in [2.45, 2.75) is 12.0 Å². The van der Waals surface area contributed by atoms with E-state index in [4.69, 9.17) is 14.2 Å². The van der Waals surface area contributed by atoms with Crippen molar-refractivity contribution in [1.82, 2.24) is 0 Å². The fourth-order valence-corrected chi connectivity index (χ4v) is 3.82. The number of esters is 2. The molecule has 0 spiro atoms. The third-order valence-electron chi connectivity index (χ3n) is 5.45. The Balaban J connectivity index is 1.92. The fourth-order valence-electron chi connectivity index (χ4n) is 3.82. The van der Waals surface area contributed by atoms with Gasteiger partial charge in [-0.1, -0.05) is 103 Å². The van der Waals surface area contributed by atoms with E-state index in [-0.39, 0.29) is 13.0 Å². The fraction of sp³-hybridized carbons (Fsp3) is 0.214. The number of methoxy groups -OCH3 is 2. The lowest BCUT2D eigenvalue weighted by molar-refractivity contribution is -0.158. The van der Waals surface area contributed by atoms with Gasteiger partial charge in [0.1, 0.15) is 5.60 Å². The zero-order valence-electron chi connectivity index (χ0n) is 18.8. The topological polar surface area (TPSA) is 61.8 Å². The lowest BCUT2D eigenvalue weighted by atomic mass is 9.80. The van der Waals surface area contributed by atoms with Crippen LogP contribution in [0.2, 0.25) is 0 Å². The quantitative estimate of drug-likeness (QED) is 0.193. The minimum atomic E-state index is -1.00. The van der Waals surface area contributed by atoms with Crippen molar-refractivity contribution in [2.75, 3.05) is 20.8 Å². The second-order valence-electron chi connectivity index (χ2n) is 7.40. The van der Waals surface area contributed by atoms with Crippen molar-refractivity contribution in [2.24, 2.45) is 5.92 Å². The number of allylic oxidation sites excluding steroid dienone is 1. The first-order valence-electron chi connectivity index (χ1n) is 10.7. The summed E-state index contributed by atoms with van der Waals surface area (Å²) in [6.07, 6.45) is 3.71. The van der Waals surface area contributed by atoms with E-state index in [1.807, 2.05) is 97.1 Å². The zero-order valence-corrected chi connectivity index (χ0v) is 18.8. The van der Waals surface area contributed by atoms with Crippen molar-refractivity contribution in [3.8, 4) is 0 Å². The summed E-state index contributed by atoms with van der Waals surface area (Å²) in [4.78, 5) is 23.8. The van der Waals surface area contributed by atoms with E-state index in [1.54, 1.807) is 6.08 Å².